The Morgan fingerprint density at radius 2 is 1.67 bits per heavy atom. The van der Waals surface area contributed by atoms with Crippen LogP contribution < -0.4 is 15.4 Å². The van der Waals surface area contributed by atoms with Gasteiger partial charge in [0.05, 0.1) is 24.9 Å². The molecule has 1 unspecified atom stereocenters. The standard InChI is InChI=1S/C20H26N2O2/c1-15(2)14-24-19-12-8-7-11-18(19)21-13-20(23)22-16(3)17-9-5-4-6-10-17/h4-12,15-16,21H,13-14H2,1-3H3,(H,22,23). The summed E-state index contributed by atoms with van der Waals surface area (Å²) in [6, 6.07) is 17.6. The molecule has 0 spiro atoms. The zero-order valence-corrected chi connectivity index (χ0v) is 14.6. The van der Waals surface area contributed by atoms with Crippen LogP contribution >= 0.6 is 0 Å². The largest absolute Gasteiger partial charge is 0.491 e. The average molecular weight is 326 g/mol. The molecule has 1 amide bonds. The Labute approximate surface area is 144 Å². The Morgan fingerprint density at radius 3 is 2.38 bits per heavy atom. The highest BCUT2D eigenvalue weighted by atomic mass is 16.5. The molecule has 4 heteroatoms. The van der Waals surface area contributed by atoms with Gasteiger partial charge in [-0.25, -0.2) is 0 Å². The molecule has 128 valence electrons. The van der Waals surface area contributed by atoms with Gasteiger partial charge in [0, 0.05) is 0 Å². The van der Waals surface area contributed by atoms with Gasteiger partial charge in [0.25, 0.3) is 0 Å². The van der Waals surface area contributed by atoms with Crippen LogP contribution in [-0.2, 0) is 4.79 Å². The Balaban J connectivity index is 1.87. The van der Waals surface area contributed by atoms with E-state index in [1.807, 2.05) is 61.5 Å². The maximum Gasteiger partial charge on any atom is 0.239 e. The molecular formula is C20H26N2O2. The van der Waals surface area contributed by atoms with Gasteiger partial charge in [0.15, 0.2) is 0 Å². The molecule has 0 heterocycles. The van der Waals surface area contributed by atoms with Crippen molar-refractivity contribution in [1.82, 2.24) is 5.32 Å². The lowest BCUT2D eigenvalue weighted by Crippen LogP contribution is -2.32. The van der Waals surface area contributed by atoms with E-state index in [1.54, 1.807) is 0 Å². The van der Waals surface area contributed by atoms with Gasteiger partial charge in [-0.15, -0.1) is 0 Å². The summed E-state index contributed by atoms with van der Waals surface area (Å²) in [5, 5.41) is 6.15. The second-order valence-electron chi connectivity index (χ2n) is 6.25. The number of para-hydroxylation sites is 2. The molecule has 1 atom stereocenters. The molecule has 0 aromatic heterocycles. The van der Waals surface area contributed by atoms with Gasteiger partial charge in [0.2, 0.25) is 5.91 Å². The van der Waals surface area contributed by atoms with E-state index >= 15 is 0 Å². The van der Waals surface area contributed by atoms with Crippen molar-refractivity contribution in [3.63, 3.8) is 0 Å². The topological polar surface area (TPSA) is 50.4 Å². The third kappa shape index (κ3) is 5.61. The van der Waals surface area contributed by atoms with E-state index in [2.05, 4.69) is 24.5 Å². The van der Waals surface area contributed by atoms with Crippen molar-refractivity contribution in [2.75, 3.05) is 18.5 Å². The van der Waals surface area contributed by atoms with E-state index in [0.29, 0.717) is 12.5 Å². The Hall–Kier alpha value is -2.49. The molecule has 2 rings (SSSR count). The lowest BCUT2D eigenvalue weighted by molar-refractivity contribution is -0.120. The number of nitrogens with one attached hydrogen (secondary N) is 2. The van der Waals surface area contributed by atoms with Crippen molar-refractivity contribution >= 4 is 11.6 Å². The number of carbonyl (C=O) groups is 1. The van der Waals surface area contributed by atoms with E-state index in [-0.39, 0.29) is 18.5 Å². The SMILES string of the molecule is CC(C)COc1ccccc1NCC(=O)NC(C)c1ccccc1. The number of ether oxygens (including phenoxy) is 1. The van der Waals surface area contributed by atoms with E-state index in [1.165, 1.54) is 0 Å². The molecule has 0 fully saturated rings. The molecule has 0 aliphatic rings. The molecule has 0 radical (unpaired) electrons. The van der Waals surface area contributed by atoms with Gasteiger partial charge in [0.1, 0.15) is 5.75 Å². The van der Waals surface area contributed by atoms with Crippen LogP contribution in [0.3, 0.4) is 0 Å². The maximum absolute atomic E-state index is 12.2. The zero-order chi connectivity index (χ0) is 17.4. The fraction of sp³-hybridized carbons (Fsp3) is 0.350. The van der Waals surface area contributed by atoms with Crippen molar-refractivity contribution in [3.8, 4) is 5.75 Å². The quantitative estimate of drug-likeness (QED) is 0.770. The second kappa shape index (κ2) is 8.96. The van der Waals surface area contributed by atoms with Crippen molar-refractivity contribution in [3.05, 3.63) is 60.2 Å². The normalized spacial score (nSPS) is 11.8. The highest BCUT2D eigenvalue weighted by Crippen LogP contribution is 2.24. The van der Waals surface area contributed by atoms with Crippen LogP contribution in [0, 0.1) is 5.92 Å². The maximum atomic E-state index is 12.2. The van der Waals surface area contributed by atoms with Gasteiger partial charge >= 0.3 is 0 Å². The summed E-state index contributed by atoms with van der Waals surface area (Å²) in [4.78, 5) is 12.2. The van der Waals surface area contributed by atoms with Crippen LogP contribution in [0.2, 0.25) is 0 Å². The minimum absolute atomic E-state index is 0.0204. The summed E-state index contributed by atoms with van der Waals surface area (Å²) in [5.74, 6) is 1.17. The summed E-state index contributed by atoms with van der Waals surface area (Å²) in [6.07, 6.45) is 0. The molecule has 2 aromatic rings. The number of amides is 1. The molecule has 0 bridgehead atoms. The Morgan fingerprint density at radius 1 is 1.00 bits per heavy atom. The minimum atomic E-state index is -0.0509. The first-order valence-electron chi connectivity index (χ1n) is 8.36. The summed E-state index contributed by atoms with van der Waals surface area (Å²) >= 11 is 0. The summed E-state index contributed by atoms with van der Waals surface area (Å²) in [6.45, 7) is 7.05. The molecule has 0 aliphatic carbocycles. The number of rotatable bonds is 8. The number of benzene rings is 2. The van der Waals surface area contributed by atoms with Gasteiger partial charge < -0.3 is 15.4 Å². The first-order chi connectivity index (χ1) is 11.6. The number of anilines is 1. The fourth-order valence-electron chi connectivity index (χ4n) is 2.29. The van der Waals surface area contributed by atoms with Crippen LogP contribution in [0.15, 0.2) is 54.6 Å². The smallest absolute Gasteiger partial charge is 0.239 e. The average Bonchev–Trinajstić information content (AvgIpc) is 2.59. The second-order valence-corrected chi connectivity index (χ2v) is 6.25. The summed E-state index contributed by atoms with van der Waals surface area (Å²) < 4.78 is 5.79. The molecule has 2 N–H and O–H groups in total. The predicted octanol–water partition coefficient (Wildman–Crippen LogP) is 4.01. The first kappa shape index (κ1) is 17.9. The van der Waals surface area contributed by atoms with Crippen LogP contribution in [0.1, 0.15) is 32.4 Å². The third-order valence-corrected chi connectivity index (χ3v) is 3.58. The minimum Gasteiger partial charge on any atom is -0.491 e. The predicted molar refractivity (Wildman–Crippen MR) is 98.3 cm³/mol. The van der Waals surface area contributed by atoms with E-state index in [0.717, 1.165) is 17.0 Å². The number of hydrogen-bond acceptors (Lipinski definition) is 3. The van der Waals surface area contributed by atoms with Crippen molar-refractivity contribution in [2.45, 2.75) is 26.8 Å². The van der Waals surface area contributed by atoms with Crippen LogP contribution in [0.5, 0.6) is 5.75 Å². The number of hydrogen-bond donors (Lipinski definition) is 2. The van der Waals surface area contributed by atoms with E-state index in [9.17, 15) is 4.79 Å². The molecule has 0 aliphatic heterocycles. The van der Waals surface area contributed by atoms with Gasteiger partial charge in [-0.1, -0.05) is 56.3 Å². The molecule has 0 saturated carbocycles. The lowest BCUT2D eigenvalue weighted by atomic mass is 10.1. The first-order valence-corrected chi connectivity index (χ1v) is 8.36. The zero-order valence-electron chi connectivity index (χ0n) is 14.6. The van der Waals surface area contributed by atoms with Crippen LogP contribution in [0.25, 0.3) is 0 Å². The third-order valence-electron chi connectivity index (χ3n) is 3.58. The molecule has 0 saturated heterocycles. The van der Waals surface area contributed by atoms with E-state index < -0.39 is 0 Å². The highest BCUT2D eigenvalue weighted by molar-refractivity contribution is 5.81. The summed E-state index contributed by atoms with van der Waals surface area (Å²) in [7, 11) is 0. The van der Waals surface area contributed by atoms with Crippen molar-refractivity contribution in [2.24, 2.45) is 5.92 Å². The molecule has 2 aromatic carbocycles. The highest BCUT2D eigenvalue weighted by Gasteiger charge is 2.10. The van der Waals surface area contributed by atoms with Crippen molar-refractivity contribution < 1.29 is 9.53 Å². The Bertz CT molecular complexity index is 641. The lowest BCUT2D eigenvalue weighted by Gasteiger charge is -2.16. The van der Waals surface area contributed by atoms with Gasteiger partial charge in [-0.3, -0.25) is 4.79 Å². The van der Waals surface area contributed by atoms with Gasteiger partial charge in [-0.05, 0) is 30.5 Å². The fourth-order valence-corrected chi connectivity index (χ4v) is 2.29. The molecule has 24 heavy (non-hydrogen) atoms. The monoisotopic (exact) mass is 326 g/mol. The van der Waals surface area contributed by atoms with Crippen LogP contribution in [-0.4, -0.2) is 19.1 Å². The van der Waals surface area contributed by atoms with E-state index in [4.69, 9.17) is 4.74 Å². The molecule has 4 nitrogen and oxygen atoms in total. The van der Waals surface area contributed by atoms with Gasteiger partial charge in [-0.2, -0.15) is 0 Å². The summed E-state index contributed by atoms with van der Waals surface area (Å²) in [5.41, 5.74) is 1.92. The molecular weight excluding hydrogens is 300 g/mol. The Kier molecular flexibility index (Phi) is 6.67. The van der Waals surface area contributed by atoms with Crippen LogP contribution in [0.4, 0.5) is 5.69 Å². The van der Waals surface area contributed by atoms with Crippen molar-refractivity contribution in [1.29, 1.82) is 0 Å². The number of carbonyl (C=O) groups excluding carboxylic acids is 1.